The second kappa shape index (κ2) is 6.65. The SMILES string of the molecule is CS(=O)(=O)CCSc1nc2c(cc1C(N)=NO)CCCC2. The van der Waals surface area contributed by atoms with Crippen molar-refractivity contribution in [3.63, 3.8) is 0 Å². The Morgan fingerprint density at radius 2 is 2.19 bits per heavy atom. The van der Waals surface area contributed by atoms with Crippen molar-refractivity contribution in [2.24, 2.45) is 10.9 Å². The Labute approximate surface area is 128 Å². The van der Waals surface area contributed by atoms with Crippen LogP contribution in [0.5, 0.6) is 0 Å². The number of rotatable bonds is 5. The van der Waals surface area contributed by atoms with Crippen molar-refractivity contribution in [3.05, 3.63) is 22.9 Å². The highest BCUT2D eigenvalue weighted by Crippen LogP contribution is 2.27. The lowest BCUT2D eigenvalue weighted by Crippen LogP contribution is -2.18. The number of hydrogen-bond donors (Lipinski definition) is 2. The molecule has 1 heterocycles. The van der Waals surface area contributed by atoms with E-state index in [9.17, 15) is 8.42 Å². The first-order valence-electron chi connectivity index (χ1n) is 6.72. The highest BCUT2D eigenvalue weighted by atomic mass is 32.2. The van der Waals surface area contributed by atoms with Crippen LogP contribution in [0.4, 0.5) is 0 Å². The first-order valence-corrected chi connectivity index (χ1v) is 9.76. The molecule has 8 heteroatoms. The topological polar surface area (TPSA) is 106 Å². The molecule has 21 heavy (non-hydrogen) atoms. The molecule has 0 unspecified atom stereocenters. The summed E-state index contributed by atoms with van der Waals surface area (Å²) in [6, 6.07) is 1.92. The highest BCUT2D eigenvalue weighted by Gasteiger charge is 2.18. The van der Waals surface area contributed by atoms with Crippen molar-refractivity contribution < 1.29 is 13.6 Å². The maximum absolute atomic E-state index is 11.2. The molecule has 0 amide bonds. The predicted octanol–water partition coefficient (Wildman–Crippen LogP) is 1.19. The Balaban J connectivity index is 2.28. The van der Waals surface area contributed by atoms with Crippen molar-refractivity contribution in [3.8, 4) is 0 Å². The molecule has 0 fully saturated rings. The molecule has 0 saturated heterocycles. The minimum atomic E-state index is -3.01. The summed E-state index contributed by atoms with van der Waals surface area (Å²) in [6.07, 6.45) is 5.30. The first-order chi connectivity index (χ1) is 9.90. The smallest absolute Gasteiger partial charge is 0.172 e. The summed E-state index contributed by atoms with van der Waals surface area (Å²) in [5.74, 6) is 0.486. The van der Waals surface area contributed by atoms with E-state index in [1.54, 1.807) is 0 Å². The fourth-order valence-electron chi connectivity index (χ4n) is 2.25. The van der Waals surface area contributed by atoms with Gasteiger partial charge in [-0.3, -0.25) is 0 Å². The van der Waals surface area contributed by atoms with E-state index in [4.69, 9.17) is 10.9 Å². The Morgan fingerprint density at radius 1 is 1.48 bits per heavy atom. The molecule has 1 aliphatic rings. The van der Waals surface area contributed by atoms with Gasteiger partial charge in [0.1, 0.15) is 14.9 Å². The van der Waals surface area contributed by atoms with E-state index in [2.05, 4.69) is 10.1 Å². The first kappa shape index (κ1) is 16.1. The largest absolute Gasteiger partial charge is 0.409 e. The fourth-order valence-corrected chi connectivity index (χ4v) is 4.48. The van der Waals surface area contributed by atoms with Crippen LogP contribution in [0.2, 0.25) is 0 Å². The number of oxime groups is 1. The molecule has 3 N–H and O–H groups in total. The van der Waals surface area contributed by atoms with E-state index < -0.39 is 9.84 Å². The summed E-state index contributed by atoms with van der Waals surface area (Å²) in [4.78, 5) is 4.60. The summed E-state index contributed by atoms with van der Waals surface area (Å²) in [6.45, 7) is 0. The van der Waals surface area contributed by atoms with Gasteiger partial charge in [-0.05, 0) is 37.3 Å². The molecule has 0 saturated carbocycles. The Morgan fingerprint density at radius 3 is 2.86 bits per heavy atom. The Hall–Kier alpha value is -1.28. The van der Waals surface area contributed by atoms with Gasteiger partial charge in [0.15, 0.2) is 5.84 Å². The second-order valence-electron chi connectivity index (χ2n) is 5.12. The third-order valence-corrected chi connectivity index (χ3v) is 5.54. The van der Waals surface area contributed by atoms with E-state index in [0.29, 0.717) is 16.3 Å². The summed E-state index contributed by atoms with van der Waals surface area (Å²) in [5.41, 5.74) is 8.47. The van der Waals surface area contributed by atoms with Crippen LogP contribution in [0.1, 0.15) is 29.7 Å². The number of amidine groups is 1. The van der Waals surface area contributed by atoms with Crippen LogP contribution in [0, 0.1) is 0 Å². The molecule has 1 aromatic heterocycles. The van der Waals surface area contributed by atoms with Crippen molar-refractivity contribution in [1.29, 1.82) is 0 Å². The molecule has 1 aromatic rings. The monoisotopic (exact) mass is 329 g/mol. The van der Waals surface area contributed by atoms with Crippen molar-refractivity contribution >= 4 is 27.4 Å². The number of aryl methyl sites for hydroxylation is 2. The molecular weight excluding hydrogens is 310 g/mol. The number of pyridine rings is 1. The molecule has 1 aliphatic carbocycles. The Bertz CT molecular complexity index is 657. The summed E-state index contributed by atoms with van der Waals surface area (Å²) >= 11 is 1.33. The lowest BCUT2D eigenvalue weighted by molar-refractivity contribution is 0.318. The Kier molecular flexibility index (Phi) is 5.10. The molecule has 0 bridgehead atoms. The van der Waals surface area contributed by atoms with Gasteiger partial charge in [-0.2, -0.15) is 0 Å². The van der Waals surface area contributed by atoms with E-state index in [1.165, 1.54) is 18.0 Å². The van der Waals surface area contributed by atoms with Gasteiger partial charge in [0.25, 0.3) is 0 Å². The van der Waals surface area contributed by atoms with Gasteiger partial charge in [-0.1, -0.05) is 5.16 Å². The molecule has 0 atom stereocenters. The third-order valence-electron chi connectivity index (χ3n) is 3.34. The number of fused-ring (bicyclic) bond motifs is 1. The van der Waals surface area contributed by atoms with E-state index in [-0.39, 0.29) is 11.6 Å². The number of hydrogen-bond acceptors (Lipinski definition) is 6. The number of nitrogens with two attached hydrogens (primary N) is 1. The summed E-state index contributed by atoms with van der Waals surface area (Å²) < 4.78 is 22.4. The van der Waals surface area contributed by atoms with E-state index >= 15 is 0 Å². The average molecular weight is 329 g/mol. The quantitative estimate of drug-likeness (QED) is 0.276. The number of nitrogens with zero attached hydrogens (tertiary/aromatic N) is 2. The lowest BCUT2D eigenvalue weighted by atomic mass is 9.95. The molecule has 0 spiro atoms. The molecular formula is C13H19N3O3S2. The summed E-state index contributed by atoms with van der Waals surface area (Å²) in [7, 11) is -3.01. The molecule has 0 aromatic carbocycles. The normalized spacial score (nSPS) is 15.8. The number of sulfone groups is 1. The molecule has 116 valence electrons. The van der Waals surface area contributed by atoms with Crippen LogP contribution < -0.4 is 5.73 Å². The van der Waals surface area contributed by atoms with Crippen LogP contribution in [0.15, 0.2) is 16.2 Å². The second-order valence-corrected chi connectivity index (χ2v) is 8.46. The van der Waals surface area contributed by atoms with Crippen molar-refractivity contribution in [1.82, 2.24) is 4.98 Å². The zero-order chi connectivity index (χ0) is 15.5. The van der Waals surface area contributed by atoms with Gasteiger partial charge in [0, 0.05) is 17.7 Å². The van der Waals surface area contributed by atoms with Crippen LogP contribution in [-0.2, 0) is 22.7 Å². The van der Waals surface area contributed by atoms with E-state index in [0.717, 1.165) is 36.9 Å². The van der Waals surface area contributed by atoms with Gasteiger partial charge in [-0.15, -0.1) is 11.8 Å². The van der Waals surface area contributed by atoms with Crippen molar-refractivity contribution in [2.45, 2.75) is 30.7 Å². The third kappa shape index (κ3) is 4.34. The van der Waals surface area contributed by atoms with E-state index in [1.807, 2.05) is 6.07 Å². The van der Waals surface area contributed by atoms with Gasteiger partial charge in [0.05, 0.1) is 11.3 Å². The molecule has 2 rings (SSSR count). The highest BCUT2D eigenvalue weighted by molar-refractivity contribution is 8.00. The zero-order valence-corrected chi connectivity index (χ0v) is 13.5. The maximum Gasteiger partial charge on any atom is 0.172 e. The van der Waals surface area contributed by atoms with Gasteiger partial charge in [0.2, 0.25) is 0 Å². The lowest BCUT2D eigenvalue weighted by Gasteiger charge is -2.18. The zero-order valence-electron chi connectivity index (χ0n) is 11.9. The van der Waals surface area contributed by atoms with Gasteiger partial charge >= 0.3 is 0 Å². The predicted molar refractivity (Wildman–Crippen MR) is 83.8 cm³/mol. The van der Waals surface area contributed by atoms with Crippen molar-refractivity contribution in [2.75, 3.05) is 17.8 Å². The average Bonchev–Trinajstić information content (AvgIpc) is 2.44. The minimum absolute atomic E-state index is 0.0118. The van der Waals surface area contributed by atoms with Crippen LogP contribution in [0.25, 0.3) is 0 Å². The van der Waals surface area contributed by atoms with Crippen LogP contribution in [0.3, 0.4) is 0 Å². The fraction of sp³-hybridized carbons (Fsp3) is 0.538. The van der Waals surface area contributed by atoms with Gasteiger partial charge < -0.3 is 10.9 Å². The maximum atomic E-state index is 11.2. The minimum Gasteiger partial charge on any atom is -0.409 e. The summed E-state index contributed by atoms with van der Waals surface area (Å²) in [5, 5.41) is 12.6. The number of thioether (sulfide) groups is 1. The van der Waals surface area contributed by atoms with Crippen LogP contribution in [-0.4, -0.2) is 42.2 Å². The molecule has 0 aliphatic heterocycles. The standard InChI is InChI=1S/C13H19N3O3S2/c1-21(18,19)7-6-20-13-10(12(14)16-17)8-9-4-2-3-5-11(9)15-13/h8,17H,2-7H2,1H3,(H2,14,16). The molecule has 6 nitrogen and oxygen atoms in total. The van der Waals surface area contributed by atoms with Crippen LogP contribution >= 0.6 is 11.8 Å². The molecule has 0 radical (unpaired) electrons. The number of aromatic nitrogens is 1. The van der Waals surface area contributed by atoms with Gasteiger partial charge in [-0.25, -0.2) is 13.4 Å².